The molecule has 2 aromatic carbocycles. The largest absolute Gasteiger partial charge is 0.508 e. The van der Waals surface area contributed by atoms with Crippen molar-refractivity contribution < 1.29 is 14.6 Å². The van der Waals surface area contributed by atoms with Crippen LogP contribution in [0.1, 0.15) is 22.3 Å². The molecular formula is C17H19NO3. The fourth-order valence-electron chi connectivity index (χ4n) is 2.31. The lowest BCUT2D eigenvalue weighted by molar-refractivity contribution is -0.117. The third-order valence-corrected chi connectivity index (χ3v) is 3.29. The van der Waals surface area contributed by atoms with Crippen LogP contribution in [0.4, 0.5) is 0 Å². The summed E-state index contributed by atoms with van der Waals surface area (Å²) in [6.07, 6.45) is 0.222. The molecular weight excluding hydrogens is 266 g/mol. The van der Waals surface area contributed by atoms with Gasteiger partial charge in [-0.3, -0.25) is 4.79 Å². The minimum atomic E-state index is -0.350. The maximum absolute atomic E-state index is 11.0. The molecule has 0 radical (unpaired) electrons. The van der Waals surface area contributed by atoms with Gasteiger partial charge in [0.25, 0.3) is 0 Å². The van der Waals surface area contributed by atoms with Crippen molar-refractivity contribution in [1.29, 1.82) is 0 Å². The van der Waals surface area contributed by atoms with Crippen molar-refractivity contribution in [1.82, 2.24) is 0 Å². The lowest BCUT2D eigenvalue weighted by Gasteiger charge is -2.14. The minimum Gasteiger partial charge on any atom is -0.508 e. The number of hydrogen-bond donors (Lipinski definition) is 2. The van der Waals surface area contributed by atoms with E-state index in [-0.39, 0.29) is 18.1 Å². The van der Waals surface area contributed by atoms with Gasteiger partial charge in [0.15, 0.2) is 0 Å². The van der Waals surface area contributed by atoms with Gasteiger partial charge in [-0.25, -0.2) is 0 Å². The number of phenolic OH excluding ortho intramolecular Hbond substituents is 1. The SMILES string of the molecule is Cc1cc(Oc2c(C)cc(CC(N)=O)cc2C)ccc1O. The Balaban J connectivity index is 2.31. The molecule has 0 spiro atoms. The predicted molar refractivity (Wildman–Crippen MR) is 81.7 cm³/mol. The molecule has 0 atom stereocenters. The molecule has 0 fully saturated rings. The molecule has 0 bridgehead atoms. The van der Waals surface area contributed by atoms with Gasteiger partial charge in [0.2, 0.25) is 5.91 Å². The van der Waals surface area contributed by atoms with Crippen molar-refractivity contribution in [3.63, 3.8) is 0 Å². The third-order valence-electron chi connectivity index (χ3n) is 3.29. The van der Waals surface area contributed by atoms with Gasteiger partial charge in [-0.15, -0.1) is 0 Å². The zero-order valence-corrected chi connectivity index (χ0v) is 12.4. The number of nitrogens with two attached hydrogens (primary N) is 1. The Bertz CT molecular complexity index is 669. The minimum absolute atomic E-state index is 0.222. The number of carbonyl (C=O) groups is 1. The van der Waals surface area contributed by atoms with Crippen LogP contribution in [-0.4, -0.2) is 11.0 Å². The zero-order valence-electron chi connectivity index (χ0n) is 12.4. The van der Waals surface area contributed by atoms with E-state index in [4.69, 9.17) is 10.5 Å². The predicted octanol–water partition coefficient (Wildman–Crippen LogP) is 3.14. The van der Waals surface area contributed by atoms with Gasteiger partial charge in [0, 0.05) is 0 Å². The Labute approximate surface area is 124 Å². The highest BCUT2D eigenvalue weighted by Gasteiger charge is 2.10. The highest BCUT2D eigenvalue weighted by molar-refractivity contribution is 5.76. The first-order chi connectivity index (χ1) is 9.86. The summed E-state index contributed by atoms with van der Waals surface area (Å²) in [7, 11) is 0. The number of aryl methyl sites for hydroxylation is 3. The van der Waals surface area contributed by atoms with E-state index in [9.17, 15) is 9.90 Å². The van der Waals surface area contributed by atoms with E-state index in [1.54, 1.807) is 18.2 Å². The van der Waals surface area contributed by atoms with Crippen LogP contribution in [-0.2, 0) is 11.2 Å². The van der Waals surface area contributed by atoms with Gasteiger partial charge in [0.05, 0.1) is 6.42 Å². The topological polar surface area (TPSA) is 72.5 Å². The molecule has 0 aromatic heterocycles. The molecule has 2 aromatic rings. The monoisotopic (exact) mass is 285 g/mol. The smallest absolute Gasteiger partial charge is 0.221 e. The number of rotatable bonds is 4. The standard InChI is InChI=1S/C17H19NO3/c1-10-8-14(4-5-15(10)19)21-17-11(2)6-13(7-12(17)3)9-16(18)20/h4-8,19H,9H2,1-3H3,(H2,18,20). The van der Waals surface area contributed by atoms with E-state index in [0.717, 1.165) is 28.0 Å². The number of primary amides is 1. The molecule has 110 valence electrons. The second-order valence-corrected chi connectivity index (χ2v) is 5.25. The number of aromatic hydroxyl groups is 1. The number of ether oxygens (including phenoxy) is 1. The van der Waals surface area contributed by atoms with Crippen LogP contribution in [0.5, 0.6) is 17.2 Å². The average Bonchev–Trinajstić information content (AvgIpc) is 2.37. The number of benzene rings is 2. The number of phenols is 1. The first-order valence-corrected chi connectivity index (χ1v) is 6.72. The van der Waals surface area contributed by atoms with Crippen molar-refractivity contribution in [2.75, 3.05) is 0 Å². The number of carbonyl (C=O) groups excluding carboxylic acids is 1. The normalized spacial score (nSPS) is 10.4. The molecule has 0 aliphatic rings. The maximum Gasteiger partial charge on any atom is 0.221 e. The molecule has 4 nitrogen and oxygen atoms in total. The van der Waals surface area contributed by atoms with Crippen LogP contribution in [0, 0.1) is 20.8 Å². The van der Waals surface area contributed by atoms with E-state index in [1.165, 1.54) is 0 Å². The molecule has 3 N–H and O–H groups in total. The summed E-state index contributed by atoms with van der Waals surface area (Å²) in [6, 6.07) is 8.92. The third kappa shape index (κ3) is 3.54. The quantitative estimate of drug-likeness (QED) is 0.906. The van der Waals surface area contributed by atoms with Crippen LogP contribution < -0.4 is 10.5 Å². The van der Waals surface area contributed by atoms with Crippen LogP contribution >= 0.6 is 0 Å². The Hall–Kier alpha value is -2.49. The van der Waals surface area contributed by atoms with Crippen molar-refractivity contribution in [2.24, 2.45) is 5.73 Å². The van der Waals surface area contributed by atoms with Gasteiger partial charge in [0.1, 0.15) is 17.2 Å². The van der Waals surface area contributed by atoms with Crippen LogP contribution in [0.15, 0.2) is 30.3 Å². The van der Waals surface area contributed by atoms with Gasteiger partial charge < -0.3 is 15.6 Å². The molecule has 21 heavy (non-hydrogen) atoms. The van der Waals surface area contributed by atoms with E-state index < -0.39 is 0 Å². The Morgan fingerprint density at radius 2 is 1.71 bits per heavy atom. The number of amides is 1. The van der Waals surface area contributed by atoms with Gasteiger partial charge in [-0.1, -0.05) is 12.1 Å². The molecule has 0 saturated carbocycles. The summed E-state index contributed by atoms with van der Waals surface area (Å²) in [4.78, 5) is 11.0. The van der Waals surface area contributed by atoms with Crippen molar-refractivity contribution in [3.05, 3.63) is 52.6 Å². The van der Waals surface area contributed by atoms with Gasteiger partial charge >= 0.3 is 0 Å². The molecule has 2 rings (SSSR count). The molecule has 0 saturated heterocycles. The van der Waals surface area contributed by atoms with Gasteiger partial charge in [-0.2, -0.15) is 0 Å². The maximum atomic E-state index is 11.0. The highest BCUT2D eigenvalue weighted by atomic mass is 16.5. The van der Waals surface area contributed by atoms with Crippen molar-refractivity contribution in [2.45, 2.75) is 27.2 Å². The van der Waals surface area contributed by atoms with E-state index in [1.807, 2.05) is 32.9 Å². The zero-order chi connectivity index (χ0) is 15.6. The summed E-state index contributed by atoms with van der Waals surface area (Å²) >= 11 is 0. The summed E-state index contributed by atoms with van der Waals surface area (Å²) in [5, 5.41) is 9.54. The summed E-state index contributed by atoms with van der Waals surface area (Å²) in [5.74, 6) is 1.32. The summed E-state index contributed by atoms with van der Waals surface area (Å²) in [5.41, 5.74) is 8.75. The first kappa shape index (κ1) is 14.9. The Morgan fingerprint density at radius 3 is 2.24 bits per heavy atom. The lowest BCUT2D eigenvalue weighted by Crippen LogP contribution is -2.13. The highest BCUT2D eigenvalue weighted by Crippen LogP contribution is 2.32. The second-order valence-electron chi connectivity index (χ2n) is 5.25. The Morgan fingerprint density at radius 1 is 1.10 bits per heavy atom. The fourth-order valence-corrected chi connectivity index (χ4v) is 2.31. The average molecular weight is 285 g/mol. The van der Waals surface area contributed by atoms with E-state index in [0.29, 0.717) is 5.75 Å². The molecule has 4 heteroatoms. The number of hydrogen-bond acceptors (Lipinski definition) is 3. The summed E-state index contributed by atoms with van der Waals surface area (Å²) < 4.78 is 5.91. The lowest BCUT2D eigenvalue weighted by atomic mass is 10.0. The molecule has 0 aliphatic carbocycles. The van der Waals surface area contributed by atoms with Crippen molar-refractivity contribution >= 4 is 5.91 Å². The summed E-state index contributed by atoms with van der Waals surface area (Å²) in [6.45, 7) is 5.68. The molecule has 0 aliphatic heterocycles. The molecule has 0 heterocycles. The van der Waals surface area contributed by atoms with Crippen LogP contribution in [0.2, 0.25) is 0 Å². The fraction of sp³-hybridized carbons (Fsp3) is 0.235. The van der Waals surface area contributed by atoms with Crippen LogP contribution in [0.25, 0.3) is 0 Å². The van der Waals surface area contributed by atoms with E-state index >= 15 is 0 Å². The van der Waals surface area contributed by atoms with Crippen LogP contribution in [0.3, 0.4) is 0 Å². The second kappa shape index (κ2) is 5.87. The molecule has 1 amide bonds. The van der Waals surface area contributed by atoms with Crippen molar-refractivity contribution in [3.8, 4) is 17.2 Å². The Kier molecular flexibility index (Phi) is 4.17. The van der Waals surface area contributed by atoms with E-state index in [2.05, 4.69) is 0 Å². The van der Waals surface area contributed by atoms with Gasteiger partial charge in [-0.05, 0) is 61.2 Å². The molecule has 0 unspecified atom stereocenters. The first-order valence-electron chi connectivity index (χ1n) is 6.72.